The number of nitrogens with one attached hydrogen (secondary N) is 1. The Morgan fingerprint density at radius 2 is 1.53 bits per heavy atom. The zero-order valence-corrected chi connectivity index (χ0v) is 13.3. The molecule has 112 valence electrons. The van der Waals surface area contributed by atoms with Gasteiger partial charge in [-0.05, 0) is 49.9 Å². The van der Waals surface area contributed by atoms with Crippen molar-refractivity contribution < 1.29 is 0 Å². The third kappa shape index (κ3) is 5.10. The Kier molecular flexibility index (Phi) is 6.19. The van der Waals surface area contributed by atoms with Crippen molar-refractivity contribution in [2.75, 3.05) is 6.54 Å². The van der Waals surface area contributed by atoms with Gasteiger partial charge in [-0.2, -0.15) is 0 Å². The molecule has 0 bridgehead atoms. The Balaban J connectivity index is 1.65. The lowest BCUT2D eigenvalue weighted by Crippen LogP contribution is -2.35. The first kappa shape index (κ1) is 15.4. The SMILES string of the molecule is CCCCCC(CCCCC)NCC1(C2CC2)CC1. The molecule has 2 aliphatic carbocycles. The first-order chi connectivity index (χ1) is 9.30. The number of rotatable bonds is 12. The molecule has 0 atom stereocenters. The van der Waals surface area contributed by atoms with E-state index in [0.717, 1.165) is 17.4 Å². The summed E-state index contributed by atoms with van der Waals surface area (Å²) >= 11 is 0. The van der Waals surface area contributed by atoms with E-state index in [1.807, 2.05) is 0 Å². The molecule has 2 saturated carbocycles. The van der Waals surface area contributed by atoms with Gasteiger partial charge in [-0.25, -0.2) is 0 Å². The second-order valence-electron chi connectivity index (χ2n) is 7.21. The average molecular weight is 265 g/mol. The molecule has 1 N–H and O–H groups in total. The minimum Gasteiger partial charge on any atom is -0.313 e. The van der Waals surface area contributed by atoms with Crippen LogP contribution in [0.3, 0.4) is 0 Å². The Labute approximate surface area is 120 Å². The maximum atomic E-state index is 3.96. The number of hydrogen-bond acceptors (Lipinski definition) is 1. The standard InChI is InChI=1S/C18H35N/c1-3-5-7-9-17(10-8-6-4-2)19-15-18(13-14-18)16-11-12-16/h16-17,19H,3-15H2,1-2H3. The Morgan fingerprint density at radius 3 is 1.95 bits per heavy atom. The van der Waals surface area contributed by atoms with Gasteiger partial charge in [0, 0.05) is 12.6 Å². The van der Waals surface area contributed by atoms with E-state index in [9.17, 15) is 0 Å². The molecule has 2 aliphatic rings. The van der Waals surface area contributed by atoms with Crippen LogP contribution < -0.4 is 5.32 Å². The van der Waals surface area contributed by atoms with Gasteiger partial charge in [0.25, 0.3) is 0 Å². The Morgan fingerprint density at radius 1 is 0.947 bits per heavy atom. The van der Waals surface area contributed by atoms with Crippen LogP contribution in [0.1, 0.15) is 90.9 Å². The first-order valence-corrected chi connectivity index (χ1v) is 9.04. The molecule has 1 heteroatoms. The maximum Gasteiger partial charge on any atom is 0.00672 e. The molecular weight excluding hydrogens is 230 g/mol. The van der Waals surface area contributed by atoms with E-state index in [4.69, 9.17) is 0 Å². The monoisotopic (exact) mass is 265 g/mol. The van der Waals surface area contributed by atoms with Gasteiger partial charge in [0.05, 0.1) is 0 Å². The predicted molar refractivity (Wildman–Crippen MR) is 84.5 cm³/mol. The second kappa shape index (κ2) is 7.67. The second-order valence-corrected chi connectivity index (χ2v) is 7.21. The molecule has 0 unspecified atom stereocenters. The van der Waals surface area contributed by atoms with Crippen LogP contribution in [0.5, 0.6) is 0 Å². The molecule has 0 amide bonds. The minimum atomic E-state index is 0.772. The fraction of sp³-hybridized carbons (Fsp3) is 1.00. The van der Waals surface area contributed by atoms with Gasteiger partial charge in [-0.1, -0.05) is 52.4 Å². The van der Waals surface area contributed by atoms with E-state index in [2.05, 4.69) is 19.2 Å². The fourth-order valence-electron chi connectivity index (χ4n) is 3.56. The van der Waals surface area contributed by atoms with Crippen molar-refractivity contribution in [1.29, 1.82) is 0 Å². The van der Waals surface area contributed by atoms with Crippen LogP contribution in [-0.4, -0.2) is 12.6 Å². The molecule has 0 radical (unpaired) electrons. The first-order valence-electron chi connectivity index (χ1n) is 9.04. The molecule has 19 heavy (non-hydrogen) atoms. The van der Waals surface area contributed by atoms with Gasteiger partial charge in [0.1, 0.15) is 0 Å². The average Bonchev–Trinajstić information content (AvgIpc) is 3.28. The highest BCUT2D eigenvalue weighted by molar-refractivity contribution is 5.05. The molecule has 0 aromatic rings. The summed E-state index contributed by atoms with van der Waals surface area (Å²) in [6.07, 6.45) is 17.3. The summed E-state index contributed by atoms with van der Waals surface area (Å²) in [6.45, 7) is 5.96. The van der Waals surface area contributed by atoms with Gasteiger partial charge >= 0.3 is 0 Å². The van der Waals surface area contributed by atoms with Gasteiger partial charge in [-0.15, -0.1) is 0 Å². The predicted octanol–water partition coefficient (Wildman–Crippen LogP) is 5.30. The topological polar surface area (TPSA) is 12.0 Å². The molecule has 1 nitrogen and oxygen atoms in total. The zero-order valence-electron chi connectivity index (χ0n) is 13.3. The lowest BCUT2D eigenvalue weighted by atomic mass is 9.97. The van der Waals surface area contributed by atoms with E-state index < -0.39 is 0 Å². The van der Waals surface area contributed by atoms with Crippen LogP contribution in [0.4, 0.5) is 0 Å². The molecule has 2 fully saturated rings. The number of unbranched alkanes of at least 4 members (excludes halogenated alkanes) is 4. The van der Waals surface area contributed by atoms with Gasteiger partial charge in [0.15, 0.2) is 0 Å². The van der Waals surface area contributed by atoms with Crippen LogP contribution in [-0.2, 0) is 0 Å². The van der Waals surface area contributed by atoms with E-state index in [1.165, 1.54) is 83.6 Å². The lowest BCUT2D eigenvalue weighted by molar-refractivity contribution is 0.342. The number of hydrogen-bond donors (Lipinski definition) is 1. The van der Waals surface area contributed by atoms with E-state index >= 15 is 0 Å². The summed E-state index contributed by atoms with van der Waals surface area (Å²) in [4.78, 5) is 0. The third-order valence-corrected chi connectivity index (χ3v) is 5.39. The summed E-state index contributed by atoms with van der Waals surface area (Å²) in [6, 6.07) is 0.814. The van der Waals surface area contributed by atoms with E-state index in [-0.39, 0.29) is 0 Å². The van der Waals surface area contributed by atoms with Crippen molar-refractivity contribution in [3.8, 4) is 0 Å². The van der Waals surface area contributed by atoms with Crippen molar-refractivity contribution in [2.45, 2.75) is 96.9 Å². The van der Waals surface area contributed by atoms with Crippen LogP contribution >= 0.6 is 0 Å². The summed E-state index contributed by atoms with van der Waals surface area (Å²) in [5, 5.41) is 3.96. The Hall–Kier alpha value is -0.0400. The molecule has 0 aromatic heterocycles. The summed E-state index contributed by atoms with van der Waals surface area (Å²) < 4.78 is 0. The van der Waals surface area contributed by atoms with Crippen molar-refractivity contribution >= 4 is 0 Å². The summed E-state index contributed by atoms with van der Waals surface area (Å²) in [7, 11) is 0. The molecule has 0 aliphatic heterocycles. The lowest BCUT2D eigenvalue weighted by Gasteiger charge is -2.23. The normalized spacial score (nSPS) is 21.0. The summed E-state index contributed by atoms with van der Waals surface area (Å²) in [5.74, 6) is 1.10. The minimum absolute atomic E-state index is 0.772. The van der Waals surface area contributed by atoms with Crippen molar-refractivity contribution in [3.05, 3.63) is 0 Å². The highest BCUT2D eigenvalue weighted by Gasteiger charge is 2.53. The van der Waals surface area contributed by atoms with Crippen LogP contribution in [0, 0.1) is 11.3 Å². The Bertz CT molecular complexity index is 230. The quantitative estimate of drug-likeness (QED) is 0.472. The third-order valence-electron chi connectivity index (χ3n) is 5.39. The molecular formula is C18H35N. The van der Waals surface area contributed by atoms with Crippen molar-refractivity contribution in [3.63, 3.8) is 0 Å². The fourth-order valence-corrected chi connectivity index (χ4v) is 3.56. The molecule has 0 spiro atoms. The molecule has 0 heterocycles. The highest BCUT2D eigenvalue weighted by Crippen LogP contribution is 2.60. The van der Waals surface area contributed by atoms with Gasteiger partial charge in [0.2, 0.25) is 0 Å². The molecule has 0 aromatic carbocycles. The molecule has 2 rings (SSSR count). The zero-order chi connectivity index (χ0) is 13.6. The van der Waals surface area contributed by atoms with Crippen molar-refractivity contribution in [2.24, 2.45) is 11.3 Å². The molecule has 0 saturated heterocycles. The van der Waals surface area contributed by atoms with Crippen LogP contribution in [0.15, 0.2) is 0 Å². The smallest absolute Gasteiger partial charge is 0.00672 e. The largest absolute Gasteiger partial charge is 0.313 e. The van der Waals surface area contributed by atoms with Gasteiger partial charge < -0.3 is 5.32 Å². The highest BCUT2D eigenvalue weighted by atomic mass is 14.9. The van der Waals surface area contributed by atoms with Crippen LogP contribution in [0.2, 0.25) is 0 Å². The van der Waals surface area contributed by atoms with E-state index in [1.54, 1.807) is 0 Å². The maximum absolute atomic E-state index is 3.96. The van der Waals surface area contributed by atoms with Crippen molar-refractivity contribution in [1.82, 2.24) is 5.32 Å². The summed E-state index contributed by atoms with van der Waals surface area (Å²) in [5.41, 5.74) is 0.772. The van der Waals surface area contributed by atoms with E-state index in [0.29, 0.717) is 0 Å². The van der Waals surface area contributed by atoms with Crippen LogP contribution in [0.25, 0.3) is 0 Å². The van der Waals surface area contributed by atoms with Gasteiger partial charge in [-0.3, -0.25) is 0 Å².